The van der Waals surface area contributed by atoms with Crippen molar-refractivity contribution in [2.24, 2.45) is 0 Å². The van der Waals surface area contributed by atoms with Crippen LogP contribution >= 0.6 is 0 Å². The van der Waals surface area contributed by atoms with Gasteiger partial charge >= 0.3 is 6.03 Å². The molecule has 1 N–H and O–H groups in total. The first-order valence-electron chi connectivity index (χ1n) is 10.3. The maximum atomic E-state index is 13.2. The number of hydrogen-bond acceptors (Lipinski definition) is 4. The van der Waals surface area contributed by atoms with Gasteiger partial charge in [0.1, 0.15) is 11.4 Å². The van der Waals surface area contributed by atoms with Crippen molar-refractivity contribution in [1.82, 2.24) is 14.9 Å². The lowest BCUT2D eigenvalue weighted by Crippen LogP contribution is -2.54. The molecule has 4 amide bonds. The molecule has 0 bridgehead atoms. The first-order chi connectivity index (χ1) is 15.2. The summed E-state index contributed by atoms with van der Waals surface area (Å²) in [5.41, 5.74) is 5.67. The maximum absolute atomic E-state index is 13.2. The van der Waals surface area contributed by atoms with Crippen LogP contribution in [0.25, 0.3) is 11.9 Å². The van der Waals surface area contributed by atoms with E-state index in [1.165, 1.54) is 6.08 Å². The van der Waals surface area contributed by atoms with Gasteiger partial charge in [0.15, 0.2) is 0 Å². The second kappa shape index (κ2) is 7.92. The van der Waals surface area contributed by atoms with Gasteiger partial charge < -0.3 is 4.57 Å². The molecular weight excluding hydrogens is 404 g/mol. The van der Waals surface area contributed by atoms with Gasteiger partial charge in [0, 0.05) is 17.6 Å². The number of pyridine rings is 1. The Bertz CT molecular complexity index is 1280. The molecule has 3 heterocycles. The van der Waals surface area contributed by atoms with Crippen molar-refractivity contribution < 1.29 is 14.4 Å². The number of carbonyl (C=O) groups excluding carboxylic acids is 3. The van der Waals surface area contributed by atoms with Gasteiger partial charge in [-0.05, 0) is 87.2 Å². The van der Waals surface area contributed by atoms with E-state index in [0.717, 1.165) is 38.8 Å². The summed E-state index contributed by atoms with van der Waals surface area (Å²) in [5.74, 6) is -0.609. The lowest BCUT2D eigenvalue weighted by atomic mass is 10.1. The van der Waals surface area contributed by atoms with Crippen molar-refractivity contribution in [3.05, 3.63) is 81.8 Å². The van der Waals surface area contributed by atoms with Crippen LogP contribution in [0.5, 0.6) is 0 Å². The molecule has 1 aliphatic heterocycles. The van der Waals surface area contributed by atoms with Crippen LogP contribution in [0.4, 0.5) is 10.5 Å². The Hall–Kier alpha value is -4.00. The van der Waals surface area contributed by atoms with Crippen LogP contribution in [0.1, 0.15) is 33.6 Å². The number of barbiturate groups is 1. The predicted octanol–water partition coefficient (Wildman–Crippen LogP) is 4.08. The van der Waals surface area contributed by atoms with E-state index < -0.39 is 17.8 Å². The van der Waals surface area contributed by atoms with Crippen LogP contribution in [-0.4, -0.2) is 27.4 Å². The van der Waals surface area contributed by atoms with E-state index in [9.17, 15) is 14.4 Å². The minimum atomic E-state index is -0.753. The fourth-order valence-electron chi connectivity index (χ4n) is 4.01. The number of urea groups is 1. The quantitative estimate of drug-likeness (QED) is 0.503. The average Bonchev–Trinajstić information content (AvgIpc) is 2.98. The second-order valence-electron chi connectivity index (χ2n) is 8.16. The van der Waals surface area contributed by atoms with Gasteiger partial charge in [-0.3, -0.25) is 14.9 Å². The fraction of sp³-hybridized carbons (Fsp3) is 0.200. The van der Waals surface area contributed by atoms with Crippen molar-refractivity contribution in [1.29, 1.82) is 0 Å². The van der Waals surface area contributed by atoms with Gasteiger partial charge in [0.25, 0.3) is 11.8 Å². The van der Waals surface area contributed by atoms with Crippen LogP contribution < -0.4 is 10.2 Å². The summed E-state index contributed by atoms with van der Waals surface area (Å²) in [6, 6.07) is 10.5. The molecule has 3 aromatic rings. The summed E-state index contributed by atoms with van der Waals surface area (Å²) in [5, 5.41) is 2.29. The van der Waals surface area contributed by atoms with E-state index in [1.807, 2.05) is 63.5 Å². The molecule has 7 heteroatoms. The molecule has 0 atom stereocenters. The number of aryl methyl sites for hydroxylation is 4. The number of nitrogens with zero attached hydrogens (tertiary/aromatic N) is 3. The molecule has 32 heavy (non-hydrogen) atoms. The molecule has 0 aliphatic carbocycles. The standard InChI is InChI=1S/C25H24N4O3/c1-14-6-7-22(26-13-14)28-17(4)11-19(18(28)5)12-21-23(30)27-25(32)29(24(21)31)20-9-15(2)8-16(3)10-20/h6-13H,1-5H3,(H,27,30,32)/b21-12+. The summed E-state index contributed by atoms with van der Waals surface area (Å²) >= 11 is 0. The van der Waals surface area contributed by atoms with Crippen LogP contribution in [0.2, 0.25) is 0 Å². The molecule has 0 unspecified atom stereocenters. The monoisotopic (exact) mass is 428 g/mol. The second-order valence-corrected chi connectivity index (χ2v) is 8.16. The number of hydrogen-bond donors (Lipinski definition) is 1. The zero-order valence-electron chi connectivity index (χ0n) is 18.7. The minimum absolute atomic E-state index is 0.0964. The smallest absolute Gasteiger partial charge is 0.303 e. The van der Waals surface area contributed by atoms with E-state index in [0.29, 0.717) is 11.3 Å². The maximum Gasteiger partial charge on any atom is 0.335 e. The van der Waals surface area contributed by atoms with E-state index >= 15 is 0 Å². The van der Waals surface area contributed by atoms with E-state index in [2.05, 4.69) is 10.3 Å². The number of carbonyl (C=O) groups is 3. The largest absolute Gasteiger partial charge is 0.335 e. The number of rotatable bonds is 3. The molecule has 0 saturated carbocycles. The van der Waals surface area contributed by atoms with Crippen molar-refractivity contribution in [3.63, 3.8) is 0 Å². The number of imide groups is 2. The Morgan fingerprint density at radius 1 is 0.875 bits per heavy atom. The normalized spacial score (nSPS) is 15.5. The predicted molar refractivity (Wildman–Crippen MR) is 123 cm³/mol. The Labute approximate surface area is 186 Å². The van der Waals surface area contributed by atoms with Crippen LogP contribution in [-0.2, 0) is 9.59 Å². The van der Waals surface area contributed by atoms with E-state index in [1.54, 1.807) is 18.3 Å². The molecule has 0 spiro atoms. The van der Waals surface area contributed by atoms with Crippen molar-refractivity contribution in [2.75, 3.05) is 4.90 Å². The molecule has 162 valence electrons. The molecule has 7 nitrogen and oxygen atoms in total. The van der Waals surface area contributed by atoms with Crippen molar-refractivity contribution in [2.45, 2.75) is 34.6 Å². The Kier molecular flexibility index (Phi) is 5.26. The highest BCUT2D eigenvalue weighted by atomic mass is 16.2. The molecule has 1 saturated heterocycles. The van der Waals surface area contributed by atoms with Crippen LogP contribution in [0.15, 0.2) is 48.2 Å². The van der Waals surface area contributed by atoms with Gasteiger partial charge in [-0.25, -0.2) is 14.7 Å². The number of nitrogens with one attached hydrogen (secondary N) is 1. The highest BCUT2D eigenvalue weighted by Crippen LogP contribution is 2.26. The topological polar surface area (TPSA) is 84.3 Å². The first-order valence-corrected chi connectivity index (χ1v) is 10.3. The third-order valence-corrected chi connectivity index (χ3v) is 5.46. The lowest BCUT2D eigenvalue weighted by Gasteiger charge is -2.27. The molecule has 2 aromatic heterocycles. The highest BCUT2D eigenvalue weighted by Gasteiger charge is 2.37. The fourth-order valence-corrected chi connectivity index (χ4v) is 4.01. The molecular formula is C25H24N4O3. The van der Waals surface area contributed by atoms with Gasteiger partial charge in [0.2, 0.25) is 0 Å². The van der Waals surface area contributed by atoms with Gasteiger partial charge in [-0.1, -0.05) is 12.1 Å². The summed E-state index contributed by atoms with van der Waals surface area (Å²) < 4.78 is 1.96. The SMILES string of the molecule is Cc1ccc(-n2c(C)cc(/C=C3\C(=O)NC(=O)N(c4cc(C)cc(C)c4)C3=O)c2C)nc1. The average molecular weight is 428 g/mol. The zero-order valence-corrected chi connectivity index (χ0v) is 18.7. The molecule has 1 aromatic carbocycles. The zero-order chi connectivity index (χ0) is 23.2. The first kappa shape index (κ1) is 21.2. The van der Waals surface area contributed by atoms with Crippen LogP contribution in [0.3, 0.4) is 0 Å². The lowest BCUT2D eigenvalue weighted by molar-refractivity contribution is -0.122. The molecule has 0 radical (unpaired) electrons. The van der Waals surface area contributed by atoms with Crippen LogP contribution in [0, 0.1) is 34.6 Å². The van der Waals surface area contributed by atoms with E-state index in [-0.39, 0.29) is 5.57 Å². The van der Waals surface area contributed by atoms with Gasteiger partial charge in [-0.15, -0.1) is 0 Å². The Balaban J connectivity index is 1.77. The third-order valence-electron chi connectivity index (χ3n) is 5.46. The summed E-state index contributed by atoms with van der Waals surface area (Å²) in [7, 11) is 0. The number of anilines is 1. The van der Waals surface area contributed by atoms with Crippen molar-refractivity contribution in [3.8, 4) is 5.82 Å². The highest BCUT2D eigenvalue weighted by molar-refractivity contribution is 6.39. The summed E-state index contributed by atoms with van der Waals surface area (Å²) in [6.45, 7) is 9.58. The van der Waals surface area contributed by atoms with Gasteiger partial charge in [-0.2, -0.15) is 0 Å². The molecule has 1 aliphatic rings. The Morgan fingerprint density at radius 3 is 2.19 bits per heavy atom. The molecule has 4 rings (SSSR count). The van der Waals surface area contributed by atoms with Crippen molar-refractivity contribution >= 4 is 29.6 Å². The third kappa shape index (κ3) is 3.73. The number of benzene rings is 1. The van der Waals surface area contributed by atoms with E-state index in [4.69, 9.17) is 0 Å². The Morgan fingerprint density at radius 2 is 1.56 bits per heavy atom. The minimum Gasteiger partial charge on any atom is -0.303 e. The summed E-state index contributed by atoms with van der Waals surface area (Å²) in [6.07, 6.45) is 3.32. The summed E-state index contributed by atoms with van der Waals surface area (Å²) in [4.78, 5) is 43.8. The molecule has 1 fully saturated rings. The van der Waals surface area contributed by atoms with Gasteiger partial charge in [0.05, 0.1) is 5.69 Å². The number of aromatic nitrogens is 2. The number of amides is 4.